The first-order valence-corrected chi connectivity index (χ1v) is 8.21. The minimum absolute atomic E-state index is 0.0133. The zero-order chi connectivity index (χ0) is 16.9. The molecule has 2 unspecified atom stereocenters. The van der Waals surface area contributed by atoms with Gasteiger partial charge in [0.1, 0.15) is 0 Å². The summed E-state index contributed by atoms with van der Waals surface area (Å²) in [5, 5.41) is 19.5. The Balaban J connectivity index is 1.70. The molecule has 0 spiro atoms. The van der Waals surface area contributed by atoms with Gasteiger partial charge >= 0.3 is 0 Å². The van der Waals surface area contributed by atoms with Gasteiger partial charge in [-0.2, -0.15) is 5.26 Å². The maximum atomic E-state index is 12.6. The van der Waals surface area contributed by atoms with Crippen molar-refractivity contribution in [1.82, 2.24) is 4.90 Å². The summed E-state index contributed by atoms with van der Waals surface area (Å²) in [5.41, 5.74) is 2.06. The van der Waals surface area contributed by atoms with Gasteiger partial charge in [-0.05, 0) is 42.7 Å². The normalized spacial score (nSPS) is 18.7. The summed E-state index contributed by atoms with van der Waals surface area (Å²) in [4.78, 5) is 14.4. The van der Waals surface area contributed by atoms with Crippen molar-refractivity contribution in [2.45, 2.75) is 18.9 Å². The Bertz CT molecular complexity index is 734. The van der Waals surface area contributed by atoms with Crippen LogP contribution in [0.25, 0.3) is 0 Å². The summed E-state index contributed by atoms with van der Waals surface area (Å²) in [5.74, 6) is 0.0340. The lowest BCUT2D eigenvalue weighted by Gasteiger charge is -2.35. The highest BCUT2D eigenvalue weighted by Gasteiger charge is 2.29. The molecule has 1 saturated heterocycles. The van der Waals surface area contributed by atoms with Crippen LogP contribution in [0.2, 0.25) is 0 Å². The first-order valence-electron chi connectivity index (χ1n) is 8.21. The Kier molecular flexibility index (Phi) is 4.93. The van der Waals surface area contributed by atoms with E-state index in [9.17, 15) is 9.90 Å². The second-order valence-electron chi connectivity index (χ2n) is 6.20. The average Bonchev–Trinajstić information content (AvgIpc) is 2.67. The van der Waals surface area contributed by atoms with E-state index in [1.807, 2.05) is 35.2 Å². The second kappa shape index (κ2) is 7.29. The highest BCUT2D eigenvalue weighted by atomic mass is 16.3. The van der Waals surface area contributed by atoms with Gasteiger partial charge in [-0.1, -0.05) is 30.3 Å². The minimum Gasteiger partial charge on any atom is -0.388 e. The number of amides is 1. The van der Waals surface area contributed by atoms with Crippen molar-refractivity contribution in [1.29, 1.82) is 5.26 Å². The molecule has 1 amide bonds. The molecule has 1 N–H and O–H groups in total. The number of aliphatic hydroxyl groups is 1. The molecule has 2 atom stereocenters. The Morgan fingerprint density at radius 2 is 1.88 bits per heavy atom. The van der Waals surface area contributed by atoms with Crippen LogP contribution < -0.4 is 0 Å². The van der Waals surface area contributed by atoms with Crippen LogP contribution in [0.5, 0.6) is 0 Å². The molecule has 1 aliphatic rings. The van der Waals surface area contributed by atoms with E-state index in [2.05, 4.69) is 6.07 Å². The highest BCUT2D eigenvalue weighted by Crippen LogP contribution is 2.30. The largest absolute Gasteiger partial charge is 0.388 e. The highest BCUT2D eigenvalue weighted by molar-refractivity contribution is 5.94. The van der Waals surface area contributed by atoms with Crippen LogP contribution in [0.4, 0.5) is 0 Å². The van der Waals surface area contributed by atoms with Gasteiger partial charge in [0.05, 0.1) is 17.7 Å². The molecule has 4 nitrogen and oxygen atoms in total. The number of aliphatic hydroxyl groups excluding tert-OH is 1. The van der Waals surface area contributed by atoms with Crippen molar-refractivity contribution < 1.29 is 9.90 Å². The first kappa shape index (κ1) is 16.2. The summed E-state index contributed by atoms with van der Waals surface area (Å²) in [7, 11) is 0. The molecule has 1 fully saturated rings. The Morgan fingerprint density at radius 3 is 2.54 bits per heavy atom. The topological polar surface area (TPSA) is 64.3 Å². The van der Waals surface area contributed by atoms with Crippen LogP contribution >= 0.6 is 0 Å². The quantitative estimate of drug-likeness (QED) is 0.945. The van der Waals surface area contributed by atoms with Crippen LogP contribution in [0.15, 0.2) is 54.6 Å². The van der Waals surface area contributed by atoms with E-state index >= 15 is 0 Å². The molecule has 0 aliphatic carbocycles. The van der Waals surface area contributed by atoms with Gasteiger partial charge in [0, 0.05) is 24.6 Å². The summed E-state index contributed by atoms with van der Waals surface area (Å²) < 4.78 is 0. The number of carbonyl (C=O) groups excluding carboxylic acids is 1. The third-order valence-electron chi connectivity index (χ3n) is 4.59. The fourth-order valence-corrected chi connectivity index (χ4v) is 3.24. The van der Waals surface area contributed by atoms with Gasteiger partial charge < -0.3 is 10.0 Å². The molecule has 0 bridgehead atoms. The minimum atomic E-state index is -0.621. The number of nitriles is 1. The molecular formula is C20H20N2O2. The predicted octanol–water partition coefficient (Wildman–Crippen LogP) is 3.14. The number of piperidine rings is 1. The lowest BCUT2D eigenvalue weighted by Crippen LogP contribution is -2.41. The van der Waals surface area contributed by atoms with E-state index in [-0.39, 0.29) is 11.8 Å². The molecule has 24 heavy (non-hydrogen) atoms. The Labute approximate surface area is 142 Å². The van der Waals surface area contributed by atoms with Gasteiger partial charge in [-0.15, -0.1) is 0 Å². The molecule has 0 aromatic heterocycles. The standard InChI is InChI=1S/C20H20N2O2/c21-13-15-8-10-16(11-9-15)19(23)18-7-4-12-22(14-18)20(24)17-5-2-1-3-6-17/h1-3,5-6,8-11,18-19,23H,4,7,12,14H2. The fraction of sp³-hybridized carbons (Fsp3) is 0.300. The second-order valence-corrected chi connectivity index (χ2v) is 6.20. The van der Waals surface area contributed by atoms with Crippen LogP contribution in [0, 0.1) is 17.2 Å². The predicted molar refractivity (Wildman–Crippen MR) is 91.2 cm³/mol. The monoisotopic (exact) mass is 320 g/mol. The molecule has 1 heterocycles. The number of nitrogens with zero attached hydrogens (tertiary/aromatic N) is 2. The zero-order valence-electron chi connectivity index (χ0n) is 13.4. The van der Waals surface area contributed by atoms with E-state index in [1.165, 1.54) is 0 Å². The van der Waals surface area contributed by atoms with Crippen LogP contribution in [-0.2, 0) is 0 Å². The number of benzene rings is 2. The number of hydrogen-bond donors (Lipinski definition) is 1. The third-order valence-corrected chi connectivity index (χ3v) is 4.59. The van der Waals surface area contributed by atoms with Crippen molar-refractivity contribution in [3.8, 4) is 6.07 Å². The van der Waals surface area contributed by atoms with E-state index < -0.39 is 6.10 Å². The molecule has 3 rings (SSSR count). The van der Waals surface area contributed by atoms with Gasteiger partial charge in [0.2, 0.25) is 0 Å². The summed E-state index contributed by atoms with van der Waals surface area (Å²) in [6.45, 7) is 1.28. The van der Waals surface area contributed by atoms with Gasteiger partial charge in [0.25, 0.3) is 5.91 Å². The number of rotatable bonds is 3. The van der Waals surface area contributed by atoms with Crippen molar-refractivity contribution in [3.63, 3.8) is 0 Å². The molecule has 1 aliphatic heterocycles. The SMILES string of the molecule is N#Cc1ccc(C(O)C2CCCN(C(=O)c3ccccc3)C2)cc1. The zero-order valence-corrected chi connectivity index (χ0v) is 13.4. The first-order chi connectivity index (χ1) is 11.7. The van der Waals surface area contributed by atoms with Crippen molar-refractivity contribution >= 4 is 5.91 Å². The molecule has 4 heteroatoms. The number of hydrogen-bond acceptors (Lipinski definition) is 3. The fourth-order valence-electron chi connectivity index (χ4n) is 3.24. The molecule has 122 valence electrons. The number of likely N-dealkylation sites (tertiary alicyclic amines) is 1. The summed E-state index contributed by atoms with van der Waals surface area (Å²) in [6, 6.07) is 18.4. The van der Waals surface area contributed by atoms with E-state index in [0.29, 0.717) is 17.7 Å². The van der Waals surface area contributed by atoms with Crippen molar-refractivity contribution in [2.24, 2.45) is 5.92 Å². The third kappa shape index (κ3) is 3.47. The average molecular weight is 320 g/mol. The molecule has 2 aromatic carbocycles. The van der Waals surface area contributed by atoms with E-state index in [4.69, 9.17) is 5.26 Å². The molecular weight excluding hydrogens is 300 g/mol. The molecule has 0 saturated carbocycles. The van der Waals surface area contributed by atoms with E-state index in [1.54, 1.807) is 24.3 Å². The molecule has 2 aromatic rings. The lowest BCUT2D eigenvalue weighted by atomic mass is 9.88. The van der Waals surface area contributed by atoms with Crippen molar-refractivity contribution in [2.75, 3.05) is 13.1 Å². The number of carbonyl (C=O) groups is 1. The maximum absolute atomic E-state index is 12.6. The van der Waals surface area contributed by atoms with E-state index in [0.717, 1.165) is 24.9 Å². The maximum Gasteiger partial charge on any atom is 0.253 e. The van der Waals surface area contributed by atoms with Gasteiger partial charge in [-0.3, -0.25) is 4.79 Å². The van der Waals surface area contributed by atoms with Crippen LogP contribution in [0.3, 0.4) is 0 Å². The lowest BCUT2D eigenvalue weighted by molar-refractivity contribution is 0.0401. The molecule has 0 radical (unpaired) electrons. The van der Waals surface area contributed by atoms with Crippen molar-refractivity contribution in [3.05, 3.63) is 71.3 Å². The smallest absolute Gasteiger partial charge is 0.253 e. The van der Waals surface area contributed by atoms with Crippen LogP contribution in [-0.4, -0.2) is 29.0 Å². The Morgan fingerprint density at radius 1 is 1.17 bits per heavy atom. The van der Waals surface area contributed by atoms with Crippen LogP contribution in [0.1, 0.15) is 40.4 Å². The van der Waals surface area contributed by atoms with Gasteiger partial charge in [0.15, 0.2) is 0 Å². The summed E-state index contributed by atoms with van der Waals surface area (Å²) >= 11 is 0. The van der Waals surface area contributed by atoms with Gasteiger partial charge in [-0.25, -0.2) is 0 Å². The summed E-state index contributed by atoms with van der Waals surface area (Å²) in [6.07, 6.45) is 1.15. The Hall–Kier alpha value is -2.64.